The molecule has 6 nitrogen and oxygen atoms in total. The lowest BCUT2D eigenvalue weighted by molar-refractivity contribution is -0.146. The van der Waals surface area contributed by atoms with Crippen molar-refractivity contribution in [2.45, 2.75) is 39.5 Å². The van der Waals surface area contributed by atoms with Gasteiger partial charge in [-0.2, -0.15) is 18.2 Å². The fraction of sp³-hybridized carbons (Fsp3) is 0.462. The molecule has 0 aliphatic carbocycles. The molecule has 0 spiro atoms. The molecule has 0 radical (unpaired) electrons. The lowest BCUT2D eigenvalue weighted by Crippen LogP contribution is -2.36. The maximum Gasteiger partial charge on any atom is 0.455 e. The zero-order valence-corrected chi connectivity index (χ0v) is 13.4. The molecule has 1 unspecified atom stereocenters. The Morgan fingerprint density at radius 1 is 1.43 bits per heavy atom. The van der Waals surface area contributed by atoms with Gasteiger partial charge in [-0.3, -0.25) is 0 Å². The SMILES string of the molecule is Cc1cc(C(C)NC(=O)NCc2nc(C(F)(F)F)no2)c(C)s1. The van der Waals surface area contributed by atoms with Crippen LogP contribution in [0.1, 0.15) is 40.0 Å². The quantitative estimate of drug-likeness (QED) is 0.888. The number of halogens is 3. The summed E-state index contributed by atoms with van der Waals surface area (Å²) < 4.78 is 41.4. The van der Waals surface area contributed by atoms with Crippen LogP contribution in [0.15, 0.2) is 10.6 Å². The number of amides is 2. The summed E-state index contributed by atoms with van der Waals surface area (Å²) >= 11 is 1.63. The molecule has 0 aliphatic rings. The van der Waals surface area contributed by atoms with Crippen LogP contribution in [0.25, 0.3) is 0 Å². The molecule has 0 aliphatic heterocycles. The van der Waals surface area contributed by atoms with E-state index in [4.69, 9.17) is 0 Å². The van der Waals surface area contributed by atoms with Crippen molar-refractivity contribution in [2.24, 2.45) is 0 Å². The van der Waals surface area contributed by atoms with Gasteiger partial charge >= 0.3 is 12.2 Å². The van der Waals surface area contributed by atoms with Crippen molar-refractivity contribution in [1.29, 1.82) is 0 Å². The van der Waals surface area contributed by atoms with Crippen LogP contribution in [0.4, 0.5) is 18.0 Å². The predicted octanol–water partition coefficient (Wildman–Crippen LogP) is 3.33. The molecule has 10 heteroatoms. The summed E-state index contributed by atoms with van der Waals surface area (Å²) in [7, 11) is 0. The number of thiophene rings is 1. The number of carbonyl (C=O) groups excluding carboxylic acids is 1. The molecule has 126 valence electrons. The first-order chi connectivity index (χ1) is 10.7. The summed E-state index contributed by atoms with van der Waals surface area (Å²) in [5.74, 6) is -1.69. The van der Waals surface area contributed by atoms with Crippen LogP contribution in [0.3, 0.4) is 0 Å². The van der Waals surface area contributed by atoms with Crippen LogP contribution in [-0.4, -0.2) is 16.2 Å². The van der Waals surface area contributed by atoms with Gasteiger partial charge in [0.1, 0.15) is 0 Å². The Bertz CT molecular complexity index is 696. The Morgan fingerprint density at radius 3 is 2.65 bits per heavy atom. The van der Waals surface area contributed by atoms with E-state index < -0.39 is 18.0 Å². The summed E-state index contributed by atoms with van der Waals surface area (Å²) in [5.41, 5.74) is 1.000. The summed E-state index contributed by atoms with van der Waals surface area (Å²) in [4.78, 5) is 17.2. The minimum atomic E-state index is -4.67. The van der Waals surface area contributed by atoms with Gasteiger partial charge in [0, 0.05) is 9.75 Å². The molecule has 0 aromatic carbocycles. The Morgan fingerprint density at radius 2 is 2.13 bits per heavy atom. The van der Waals surface area contributed by atoms with Crippen LogP contribution in [0.5, 0.6) is 0 Å². The van der Waals surface area contributed by atoms with E-state index in [9.17, 15) is 18.0 Å². The van der Waals surface area contributed by atoms with Gasteiger partial charge in [0.25, 0.3) is 5.82 Å². The van der Waals surface area contributed by atoms with Crippen LogP contribution >= 0.6 is 11.3 Å². The molecule has 2 heterocycles. The average Bonchev–Trinajstić information content (AvgIpc) is 3.02. The molecule has 0 saturated carbocycles. The maximum absolute atomic E-state index is 12.3. The molecule has 2 amide bonds. The first-order valence-electron chi connectivity index (χ1n) is 6.68. The molecule has 2 aromatic rings. The van der Waals surface area contributed by atoms with E-state index in [1.54, 1.807) is 11.3 Å². The number of hydrogen-bond donors (Lipinski definition) is 2. The first kappa shape index (κ1) is 17.3. The largest absolute Gasteiger partial charge is 0.455 e. The maximum atomic E-state index is 12.3. The highest BCUT2D eigenvalue weighted by Crippen LogP contribution is 2.27. The number of nitrogens with zero attached hydrogens (tertiary/aromatic N) is 2. The van der Waals surface area contributed by atoms with Crippen molar-refractivity contribution in [2.75, 3.05) is 0 Å². The molecule has 0 fully saturated rings. The van der Waals surface area contributed by atoms with Crippen molar-refractivity contribution in [3.05, 3.63) is 33.1 Å². The second-order valence-electron chi connectivity index (χ2n) is 4.93. The van der Waals surface area contributed by atoms with E-state index in [1.807, 2.05) is 26.8 Å². The highest BCUT2D eigenvalue weighted by molar-refractivity contribution is 7.12. The summed E-state index contributed by atoms with van der Waals surface area (Å²) in [5, 5.41) is 7.89. The van der Waals surface area contributed by atoms with Gasteiger partial charge in [0.15, 0.2) is 0 Å². The average molecular weight is 348 g/mol. The van der Waals surface area contributed by atoms with Gasteiger partial charge in [-0.1, -0.05) is 5.16 Å². The summed E-state index contributed by atoms with van der Waals surface area (Å²) in [6.45, 7) is 5.47. The molecule has 23 heavy (non-hydrogen) atoms. The Hall–Kier alpha value is -2.10. The second-order valence-corrected chi connectivity index (χ2v) is 6.39. The van der Waals surface area contributed by atoms with Crippen LogP contribution < -0.4 is 10.6 Å². The first-order valence-corrected chi connectivity index (χ1v) is 7.49. The molecular weight excluding hydrogens is 333 g/mol. The lowest BCUT2D eigenvalue weighted by Gasteiger charge is -2.14. The second kappa shape index (κ2) is 6.57. The number of rotatable bonds is 4. The molecule has 2 aromatic heterocycles. The van der Waals surface area contributed by atoms with Gasteiger partial charge in [0.05, 0.1) is 12.6 Å². The number of alkyl halides is 3. The Kier molecular flexibility index (Phi) is 4.93. The van der Waals surface area contributed by atoms with E-state index >= 15 is 0 Å². The minimum absolute atomic E-state index is 0.228. The van der Waals surface area contributed by atoms with E-state index in [-0.39, 0.29) is 18.5 Å². The van der Waals surface area contributed by atoms with E-state index in [0.29, 0.717) is 0 Å². The van der Waals surface area contributed by atoms with E-state index in [2.05, 4.69) is 25.3 Å². The lowest BCUT2D eigenvalue weighted by atomic mass is 10.1. The van der Waals surface area contributed by atoms with E-state index in [1.165, 1.54) is 0 Å². The summed E-state index contributed by atoms with van der Waals surface area (Å²) in [6.07, 6.45) is -4.67. The standard InChI is InChI=1S/C13H15F3N4O2S/c1-6-4-9(8(3)23-6)7(2)18-12(21)17-5-10-19-11(20-22-10)13(14,15)16/h4,7H,5H2,1-3H3,(H2,17,18,21). The van der Waals surface area contributed by atoms with Gasteiger partial charge in [0.2, 0.25) is 5.89 Å². The van der Waals surface area contributed by atoms with Gasteiger partial charge in [-0.25, -0.2) is 4.79 Å². The molecule has 0 saturated heterocycles. The monoisotopic (exact) mass is 348 g/mol. The third-order valence-electron chi connectivity index (χ3n) is 3.02. The van der Waals surface area contributed by atoms with Gasteiger partial charge in [-0.15, -0.1) is 11.3 Å². The topological polar surface area (TPSA) is 80.0 Å². The minimum Gasteiger partial charge on any atom is -0.337 e. The zero-order chi connectivity index (χ0) is 17.2. The Balaban J connectivity index is 1.88. The molecule has 0 bridgehead atoms. The van der Waals surface area contributed by atoms with Crippen molar-refractivity contribution in [1.82, 2.24) is 20.8 Å². The van der Waals surface area contributed by atoms with Crippen molar-refractivity contribution >= 4 is 17.4 Å². The molecular formula is C13H15F3N4O2S. The fourth-order valence-corrected chi connectivity index (χ4v) is 3.03. The third kappa shape index (κ3) is 4.44. The Labute approximate surface area is 134 Å². The highest BCUT2D eigenvalue weighted by Gasteiger charge is 2.37. The number of nitrogens with one attached hydrogen (secondary N) is 2. The van der Waals surface area contributed by atoms with Gasteiger partial charge in [-0.05, 0) is 32.4 Å². The van der Waals surface area contributed by atoms with Crippen molar-refractivity contribution in [3.8, 4) is 0 Å². The summed E-state index contributed by atoms with van der Waals surface area (Å²) in [6, 6.07) is 1.22. The number of carbonyl (C=O) groups is 1. The molecule has 1 atom stereocenters. The highest BCUT2D eigenvalue weighted by atomic mass is 32.1. The number of hydrogen-bond acceptors (Lipinski definition) is 5. The molecule has 2 N–H and O–H groups in total. The van der Waals surface area contributed by atoms with Crippen LogP contribution in [0.2, 0.25) is 0 Å². The van der Waals surface area contributed by atoms with Crippen LogP contribution in [-0.2, 0) is 12.7 Å². The van der Waals surface area contributed by atoms with E-state index in [0.717, 1.165) is 15.3 Å². The number of urea groups is 1. The normalized spacial score (nSPS) is 13.0. The smallest absolute Gasteiger partial charge is 0.337 e. The van der Waals surface area contributed by atoms with Crippen LogP contribution in [0, 0.1) is 13.8 Å². The van der Waals surface area contributed by atoms with Gasteiger partial charge < -0.3 is 15.2 Å². The van der Waals surface area contributed by atoms with Crippen molar-refractivity contribution in [3.63, 3.8) is 0 Å². The number of aryl methyl sites for hydroxylation is 2. The predicted molar refractivity (Wildman–Crippen MR) is 76.9 cm³/mol. The van der Waals surface area contributed by atoms with Crippen molar-refractivity contribution < 1.29 is 22.5 Å². The third-order valence-corrected chi connectivity index (χ3v) is 4.00. The number of aromatic nitrogens is 2. The molecule has 2 rings (SSSR count). The fourth-order valence-electron chi connectivity index (χ4n) is 2.00. The zero-order valence-electron chi connectivity index (χ0n) is 12.6.